The number of hydrogen-bond acceptors (Lipinski definition) is 4. The van der Waals surface area contributed by atoms with Crippen LogP contribution in [0.15, 0.2) is 40.8 Å². The van der Waals surface area contributed by atoms with Gasteiger partial charge in [-0.1, -0.05) is 25.1 Å². The molecule has 2 aromatic rings. The van der Waals surface area contributed by atoms with Gasteiger partial charge in [0.15, 0.2) is 0 Å². The highest BCUT2D eigenvalue weighted by molar-refractivity contribution is 5.92. The van der Waals surface area contributed by atoms with E-state index in [2.05, 4.69) is 10.2 Å². The van der Waals surface area contributed by atoms with Crippen LogP contribution in [0.5, 0.6) is 0 Å². The quantitative estimate of drug-likeness (QED) is 0.806. The molecular weight excluding hydrogens is 330 g/mol. The van der Waals surface area contributed by atoms with Gasteiger partial charge >= 0.3 is 0 Å². The molecule has 0 bridgehead atoms. The average Bonchev–Trinajstić information content (AvgIpc) is 3.08. The van der Waals surface area contributed by atoms with Crippen LogP contribution in [0, 0.1) is 0 Å². The lowest BCUT2D eigenvalue weighted by atomic mass is 10.2. The lowest BCUT2D eigenvalue weighted by Crippen LogP contribution is -2.50. The second-order valence-electron chi connectivity index (χ2n) is 6.47. The summed E-state index contributed by atoms with van der Waals surface area (Å²) in [6.07, 6.45) is 4.21. The largest absolute Gasteiger partial charge is 0.457 e. The number of piperazine rings is 1. The monoisotopic (exact) mass is 355 g/mol. The van der Waals surface area contributed by atoms with Crippen molar-refractivity contribution in [2.75, 3.05) is 39.3 Å². The Morgan fingerprint density at radius 3 is 2.69 bits per heavy atom. The minimum Gasteiger partial charge on any atom is -0.457 e. The molecule has 6 heteroatoms. The van der Waals surface area contributed by atoms with Gasteiger partial charge in [0.25, 0.3) is 0 Å². The Hall–Kier alpha value is -2.60. The number of amides is 2. The molecule has 138 valence electrons. The minimum absolute atomic E-state index is 0.0273. The van der Waals surface area contributed by atoms with Crippen molar-refractivity contribution in [3.05, 3.63) is 42.2 Å². The summed E-state index contributed by atoms with van der Waals surface area (Å²) in [4.78, 5) is 28.0. The second kappa shape index (κ2) is 8.67. The Kier molecular flexibility index (Phi) is 6.07. The molecule has 1 aromatic carbocycles. The van der Waals surface area contributed by atoms with E-state index in [0.29, 0.717) is 45.0 Å². The maximum atomic E-state index is 12.4. The van der Waals surface area contributed by atoms with Crippen LogP contribution in [0.1, 0.15) is 19.1 Å². The fraction of sp³-hybridized carbons (Fsp3) is 0.400. The third-order valence-corrected chi connectivity index (χ3v) is 4.46. The van der Waals surface area contributed by atoms with Crippen LogP contribution in [0.4, 0.5) is 0 Å². The van der Waals surface area contributed by atoms with Gasteiger partial charge < -0.3 is 14.6 Å². The summed E-state index contributed by atoms with van der Waals surface area (Å²) in [6.45, 7) is 5.83. The number of rotatable bonds is 6. The van der Waals surface area contributed by atoms with E-state index in [9.17, 15) is 9.59 Å². The number of benzene rings is 1. The molecule has 0 atom stereocenters. The normalized spacial score (nSPS) is 15.7. The first-order valence-corrected chi connectivity index (χ1v) is 9.10. The van der Waals surface area contributed by atoms with Gasteiger partial charge in [-0.3, -0.25) is 14.5 Å². The van der Waals surface area contributed by atoms with E-state index >= 15 is 0 Å². The van der Waals surface area contributed by atoms with Crippen LogP contribution < -0.4 is 5.32 Å². The lowest BCUT2D eigenvalue weighted by Gasteiger charge is -2.33. The Morgan fingerprint density at radius 2 is 1.96 bits per heavy atom. The van der Waals surface area contributed by atoms with Crippen LogP contribution in [0.3, 0.4) is 0 Å². The molecule has 2 heterocycles. The first-order chi connectivity index (χ1) is 12.7. The zero-order chi connectivity index (χ0) is 18.4. The number of hydrogen-bond donors (Lipinski definition) is 1. The number of furan rings is 1. The fourth-order valence-corrected chi connectivity index (χ4v) is 2.99. The Bertz CT molecular complexity index is 755. The van der Waals surface area contributed by atoms with Crippen molar-refractivity contribution in [2.45, 2.75) is 13.3 Å². The fourth-order valence-electron chi connectivity index (χ4n) is 2.99. The number of carbonyl (C=O) groups excluding carboxylic acids is 2. The molecule has 6 nitrogen and oxygen atoms in total. The van der Waals surface area contributed by atoms with E-state index in [0.717, 1.165) is 17.4 Å². The summed E-state index contributed by atoms with van der Waals surface area (Å²) in [5, 5.41) is 3.90. The molecule has 0 saturated carbocycles. The molecule has 0 radical (unpaired) electrons. The molecule has 0 unspecified atom stereocenters. The van der Waals surface area contributed by atoms with Crippen LogP contribution >= 0.6 is 0 Å². The third kappa shape index (κ3) is 4.73. The highest BCUT2D eigenvalue weighted by Gasteiger charge is 2.21. The van der Waals surface area contributed by atoms with Crippen molar-refractivity contribution in [3.63, 3.8) is 0 Å². The van der Waals surface area contributed by atoms with Gasteiger partial charge in [-0.2, -0.15) is 0 Å². The smallest absolute Gasteiger partial charge is 0.246 e. The van der Waals surface area contributed by atoms with E-state index < -0.39 is 0 Å². The van der Waals surface area contributed by atoms with Gasteiger partial charge in [0.05, 0.1) is 6.54 Å². The summed E-state index contributed by atoms with van der Waals surface area (Å²) in [5.41, 5.74) is 0.814. The van der Waals surface area contributed by atoms with E-state index in [1.165, 1.54) is 0 Å². The molecule has 0 aliphatic carbocycles. The van der Waals surface area contributed by atoms with E-state index in [1.807, 2.05) is 37.3 Å². The van der Waals surface area contributed by atoms with Crippen molar-refractivity contribution >= 4 is 28.9 Å². The van der Waals surface area contributed by atoms with Crippen LogP contribution in [-0.2, 0) is 9.59 Å². The summed E-state index contributed by atoms with van der Waals surface area (Å²) >= 11 is 0. The highest BCUT2D eigenvalue weighted by atomic mass is 16.3. The summed E-state index contributed by atoms with van der Waals surface area (Å²) < 4.78 is 5.69. The topological polar surface area (TPSA) is 65.8 Å². The van der Waals surface area contributed by atoms with E-state index in [-0.39, 0.29) is 11.8 Å². The molecule has 26 heavy (non-hydrogen) atoms. The number of para-hydroxylation sites is 1. The second-order valence-corrected chi connectivity index (χ2v) is 6.47. The zero-order valence-corrected chi connectivity index (χ0v) is 15.1. The number of nitrogens with one attached hydrogen (secondary N) is 1. The molecule has 1 aromatic heterocycles. The average molecular weight is 355 g/mol. The summed E-state index contributed by atoms with van der Waals surface area (Å²) in [6, 6.07) is 9.69. The predicted octanol–water partition coefficient (Wildman–Crippen LogP) is 2.12. The van der Waals surface area contributed by atoms with E-state index in [4.69, 9.17) is 4.42 Å². The molecule has 1 saturated heterocycles. The Morgan fingerprint density at radius 1 is 1.19 bits per heavy atom. The number of fused-ring (bicyclic) bond motifs is 1. The highest BCUT2D eigenvalue weighted by Crippen LogP contribution is 2.19. The van der Waals surface area contributed by atoms with Crippen molar-refractivity contribution in [2.24, 2.45) is 0 Å². The zero-order valence-electron chi connectivity index (χ0n) is 15.1. The van der Waals surface area contributed by atoms with Crippen LogP contribution in [0.25, 0.3) is 17.0 Å². The minimum atomic E-state index is -0.0273. The summed E-state index contributed by atoms with van der Waals surface area (Å²) in [7, 11) is 0. The Balaban J connectivity index is 1.48. The third-order valence-electron chi connectivity index (χ3n) is 4.46. The van der Waals surface area contributed by atoms with Crippen molar-refractivity contribution in [1.82, 2.24) is 15.1 Å². The maximum Gasteiger partial charge on any atom is 0.246 e. The van der Waals surface area contributed by atoms with Gasteiger partial charge in [0.2, 0.25) is 11.8 Å². The van der Waals surface area contributed by atoms with Crippen molar-refractivity contribution in [3.8, 4) is 0 Å². The van der Waals surface area contributed by atoms with E-state index in [1.54, 1.807) is 17.1 Å². The molecule has 1 aliphatic heterocycles. The van der Waals surface area contributed by atoms with Gasteiger partial charge in [-0.15, -0.1) is 0 Å². The molecule has 2 amide bonds. The number of nitrogens with zero attached hydrogens (tertiary/aromatic N) is 2. The predicted molar refractivity (Wildman–Crippen MR) is 102 cm³/mol. The Labute approximate surface area is 153 Å². The maximum absolute atomic E-state index is 12.4. The molecule has 0 spiro atoms. The number of carbonyl (C=O) groups is 2. The van der Waals surface area contributed by atoms with Gasteiger partial charge in [0.1, 0.15) is 11.3 Å². The SMILES string of the molecule is CCCNC(=O)CN1CCN(C(=O)/C=C/c2cc3ccccc3o2)CC1. The van der Waals surface area contributed by atoms with Crippen LogP contribution in [0.2, 0.25) is 0 Å². The molecule has 1 N–H and O–H groups in total. The first-order valence-electron chi connectivity index (χ1n) is 9.10. The standard InChI is InChI=1S/C20H25N3O3/c1-2-9-21-19(24)15-22-10-12-23(13-11-22)20(25)8-7-17-14-16-5-3-4-6-18(16)26-17/h3-8,14H,2,9-13,15H2,1H3,(H,21,24)/b8-7+. The van der Waals surface area contributed by atoms with Gasteiger partial charge in [-0.25, -0.2) is 0 Å². The molecule has 1 fully saturated rings. The molecular formula is C20H25N3O3. The van der Waals surface area contributed by atoms with Crippen molar-refractivity contribution < 1.29 is 14.0 Å². The van der Waals surface area contributed by atoms with Gasteiger partial charge in [-0.05, 0) is 24.6 Å². The molecule has 1 aliphatic rings. The van der Waals surface area contributed by atoms with Gasteiger partial charge in [0, 0.05) is 44.2 Å². The van der Waals surface area contributed by atoms with Crippen molar-refractivity contribution in [1.29, 1.82) is 0 Å². The van der Waals surface area contributed by atoms with Crippen LogP contribution in [-0.4, -0.2) is 60.9 Å². The molecule has 3 rings (SSSR count). The summed E-state index contributed by atoms with van der Waals surface area (Å²) in [5.74, 6) is 0.697. The lowest BCUT2D eigenvalue weighted by molar-refractivity contribution is -0.128. The first kappa shape index (κ1) is 18.2.